The minimum Gasteiger partial charge on any atom is -0.484 e. The second kappa shape index (κ2) is 8.02. The summed E-state index contributed by atoms with van der Waals surface area (Å²) in [5.74, 6) is -0.150. The first kappa shape index (κ1) is 18.5. The van der Waals surface area contributed by atoms with Gasteiger partial charge in [-0.05, 0) is 54.2 Å². The molecule has 1 aliphatic carbocycles. The molecule has 3 aromatic rings. The van der Waals surface area contributed by atoms with Crippen molar-refractivity contribution in [2.45, 2.75) is 32.1 Å². The third-order valence-electron chi connectivity index (χ3n) is 5.01. The van der Waals surface area contributed by atoms with E-state index < -0.39 is 5.91 Å². The summed E-state index contributed by atoms with van der Waals surface area (Å²) in [6.45, 7) is -0.126. The van der Waals surface area contributed by atoms with E-state index in [9.17, 15) is 9.59 Å². The topological polar surface area (TPSA) is 81.4 Å². The summed E-state index contributed by atoms with van der Waals surface area (Å²) < 4.78 is 5.65. The molecule has 0 saturated carbocycles. The van der Waals surface area contributed by atoms with Gasteiger partial charge in [0.2, 0.25) is 0 Å². The molecule has 0 spiro atoms. The summed E-state index contributed by atoms with van der Waals surface area (Å²) >= 11 is 1.47. The predicted molar refractivity (Wildman–Crippen MR) is 112 cm³/mol. The molecule has 0 atom stereocenters. The molecule has 3 N–H and O–H groups in total. The number of aryl methyl sites for hydroxylation is 1. The molecule has 0 aliphatic heterocycles. The van der Waals surface area contributed by atoms with Crippen molar-refractivity contribution >= 4 is 38.9 Å². The molecule has 28 heavy (non-hydrogen) atoms. The second-order valence-electron chi connectivity index (χ2n) is 6.98. The van der Waals surface area contributed by atoms with Crippen molar-refractivity contribution in [1.82, 2.24) is 0 Å². The minimum atomic E-state index is -0.481. The van der Waals surface area contributed by atoms with Gasteiger partial charge in [-0.2, -0.15) is 0 Å². The third-order valence-corrected chi connectivity index (χ3v) is 6.22. The average molecular weight is 394 g/mol. The first-order chi connectivity index (χ1) is 13.6. The highest BCUT2D eigenvalue weighted by atomic mass is 32.1. The van der Waals surface area contributed by atoms with Gasteiger partial charge in [0.15, 0.2) is 6.61 Å². The van der Waals surface area contributed by atoms with Crippen molar-refractivity contribution in [2.24, 2.45) is 5.73 Å². The Morgan fingerprint density at radius 1 is 1.04 bits per heavy atom. The maximum Gasteiger partial charge on any atom is 0.262 e. The maximum atomic E-state index is 12.4. The zero-order valence-electron chi connectivity index (χ0n) is 15.5. The lowest BCUT2D eigenvalue weighted by Gasteiger charge is -2.09. The maximum absolute atomic E-state index is 12.4. The number of primary amides is 1. The fourth-order valence-electron chi connectivity index (χ4n) is 3.66. The summed E-state index contributed by atoms with van der Waals surface area (Å²) in [6.07, 6.45) is 5.07. The molecule has 0 radical (unpaired) electrons. The molecular formula is C22H22N2O3S. The summed E-state index contributed by atoms with van der Waals surface area (Å²) in [5.41, 5.74) is 7.10. The Morgan fingerprint density at radius 3 is 2.64 bits per heavy atom. The van der Waals surface area contributed by atoms with Crippen LogP contribution >= 0.6 is 11.3 Å². The van der Waals surface area contributed by atoms with Gasteiger partial charge in [-0.3, -0.25) is 9.59 Å². The number of benzene rings is 2. The van der Waals surface area contributed by atoms with Crippen LogP contribution in [-0.2, 0) is 17.6 Å². The van der Waals surface area contributed by atoms with E-state index in [0.29, 0.717) is 16.3 Å². The van der Waals surface area contributed by atoms with Crippen molar-refractivity contribution in [3.63, 3.8) is 0 Å². The van der Waals surface area contributed by atoms with Crippen molar-refractivity contribution in [1.29, 1.82) is 0 Å². The first-order valence-electron chi connectivity index (χ1n) is 9.47. The molecule has 0 saturated heterocycles. The summed E-state index contributed by atoms with van der Waals surface area (Å²) in [7, 11) is 0. The molecule has 5 nitrogen and oxygen atoms in total. The highest BCUT2D eigenvalue weighted by molar-refractivity contribution is 7.17. The average Bonchev–Trinajstić information content (AvgIpc) is 2.87. The van der Waals surface area contributed by atoms with Gasteiger partial charge in [0.1, 0.15) is 10.8 Å². The third kappa shape index (κ3) is 3.87. The van der Waals surface area contributed by atoms with E-state index in [4.69, 9.17) is 10.5 Å². The number of hydrogen-bond acceptors (Lipinski definition) is 4. The van der Waals surface area contributed by atoms with Gasteiger partial charge in [-0.25, -0.2) is 0 Å². The van der Waals surface area contributed by atoms with E-state index in [1.807, 2.05) is 42.5 Å². The van der Waals surface area contributed by atoms with Crippen LogP contribution in [0.25, 0.3) is 10.8 Å². The van der Waals surface area contributed by atoms with Crippen molar-refractivity contribution in [2.75, 3.05) is 11.9 Å². The number of nitrogens with one attached hydrogen (secondary N) is 1. The number of carbonyl (C=O) groups excluding carboxylic acids is 2. The first-order valence-corrected chi connectivity index (χ1v) is 10.3. The van der Waals surface area contributed by atoms with E-state index in [2.05, 4.69) is 5.32 Å². The lowest BCUT2D eigenvalue weighted by Crippen LogP contribution is -2.22. The highest BCUT2D eigenvalue weighted by Crippen LogP contribution is 2.37. The molecule has 6 heteroatoms. The van der Waals surface area contributed by atoms with Crippen LogP contribution < -0.4 is 15.8 Å². The Morgan fingerprint density at radius 2 is 1.82 bits per heavy atom. The zero-order chi connectivity index (χ0) is 19.5. The van der Waals surface area contributed by atoms with Gasteiger partial charge in [-0.1, -0.05) is 36.8 Å². The minimum absolute atomic E-state index is 0.126. The molecular weight excluding hydrogens is 372 g/mol. The Bertz CT molecular complexity index is 1040. The van der Waals surface area contributed by atoms with Crippen molar-refractivity contribution in [3.8, 4) is 5.75 Å². The molecule has 2 aromatic carbocycles. The predicted octanol–water partition coefficient (Wildman–Crippen LogP) is 4.29. The van der Waals surface area contributed by atoms with Crippen molar-refractivity contribution < 1.29 is 14.3 Å². The van der Waals surface area contributed by atoms with Gasteiger partial charge in [-0.15, -0.1) is 11.3 Å². The number of nitrogens with two attached hydrogens (primary N) is 1. The second-order valence-corrected chi connectivity index (χ2v) is 8.08. The number of anilines is 1. The molecule has 4 rings (SSSR count). The van der Waals surface area contributed by atoms with Crippen LogP contribution in [0.1, 0.15) is 40.1 Å². The fourth-order valence-corrected chi connectivity index (χ4v) is 4.97. The monoisotopic (exact) mass is 394 g/mol. The van der Waals surface area contributed by atoms with Gasteiger partial charge >= 0.3 is 0 Å². The van der Waals surface area contributed by atoms with E-state index in [1.165, 1.54) is 11.3 Å². The van der Waals surface area contributed by atoms with E-state index in [1.54, 1.807) is 0 Å². The quantitative estimate of drug-likeness (QED) is 0.634. The summed E-state index contributed by atoms with van der Waals surface area (Å²) in [4.78, 5) is 25.6. The largest absolute Gasteiger partial charge is 0.484 e. The lowest BCUT2D eigenvalue weighted by atomic mass is 10.1. The molecule has 1 aliphatic rings. The number of ether oxygens (including phenoxy) is 1. The zero-order valence-corrected chi connectivity index (χ0v) is 16.3. The summed E-state index contributed by atoms with van der Waals surface area (Å²) in [6, 6.07) is 13.7. The molecule has 0 fully saturated rings. The molecule has 0 bridgehead atoms. The van der Waals surface area contributed by atoms with E-state index in [0.717, 1.165) is 53.3 Å². The SMILES string of the molecule is NC(=O)c1c(NC(=O)COc2ccc3ccccc3c2)sc2c1CCCCC2. The number of amides is 2. The number of rotatable bonds is 5. The fraction of sp³-hybridized carbons (Fsp3) is 0.273. The molecule has 0 unspecified atom stereocenters. The lowest BCUT2D eigenvalue weighted by molar-refractivity contribution is -0.118. The molecule has 2 amide bonds. The van der Waals surface area contributed by atoms with E-state index >= 15 is 0 Å². The number of hydrogen-bond donors (Lipinski definition) is 2. The molecule has 1 aromatic heterocycles. The van der Waals surface area contributed by atoms with Crippen molar-refractivity contribution in [3.05, 3.63) is 58.5 Å². The van der Waals surface area contributed by atoms with E-state index in [-0.39, 0.29) is 12.5 Å². The number of carbonyl (C=O) groups is 2. The van der Waals surface area contributed by atoms with Crippen LogP contribution in [0.3, 0.4) is 0 Å². The van der Waals surface area contributed by atoms with Crippen LogP contribution in [0.5, 0.6) is 5.75 Å². The smallest absolute Gasteiger partial charge is 0.262 e. The van der Waals surface area contributed by atoms with Gasteiger partial charge < -0.3 is 15.8 Å². The Kier molecular flexibility index (Phi) is 5.30. The molecule has 144 valence electrons. The van der Waals surface area contributed by atoms with Gasteiger partial charge in [0.25, 0.3) is 11.8 Å². The Hall–Kier alpha value is -2.86. The van der Waals surface area contributed by atoms with Crippen LogP contribution in [0.4, 0.5) is 5.00 Å². The highest BCUT2D eigenvalue weighted by Gasteiger charge is 2.24. The Labute approximate surface area is 167 Å². The van der Waals surface area contributed by atoms with Crippen LogP contribution in [0.2, 0.25) is 0 Å². The standard InChI is InChI=1S/C22H22N2O3S/c23-21(26)20-17-8-2-1-3-9-18(17)28-22(20)24-19(25)13-27-16-11-10-14-6-4-5-7-15(14)12-16/h4-7,10-12H,1-3,8-9,13H2,(H2,23,26)(H,24,25). The normalized spacial score (nSPS) is 13.6. The number of fused-ring (bicyclic) bond motifs is 2. The van der Waals surface area contributed by atoms with Crippen LogP contribution in [0.15, 0.2) is 42.5 Å². The van der Waals surface area contributed by atoms with Gasteiger partial charge in [0.05, 0.1) is 5.56 Å². The Balaban J connectivity index is 1.46. The van der Waals surface area contributed by atoms with Crippen LogP contribution in [-0.4, -0.2) is 18.4 Å². The van der Waals surface area contributed by atoms with Crippen LogP contribution in [0, 0.1) is 0 Å². The summed E-state index contributed by atoms with van der Waals surface area (Å²) in [5, 5.41) is 5.55. The number of thiophene rings is 1. The van der Waals surface area contributed by atoms with Gasteiger partial charge in [0, 0.05) is 4.88 Å². The molecule has 1 heterocycles.